The van der Waals surface area contributed by atoms with Crippen LogP contribution in [0.1, 0.15) is 40.0 Å². The summed E-state index contributed by atoms with van der Waals surface area (Å²) >= 11 is 2.29. The Hall–Kier alpha value is 0.160. The van der Waals surface area contributed by atoms with Gasteiger partial charge in [-0.15, -0.1) is 0 Å². The van der Waals surface area contributed by atoms with E-state index in [1.54, 1.807) is 0 Å². The van der Waals surface area contributed by atoms with Gasteiger partial charge in [0.15, 0.2) is 5.60 Å². The summed E-state index contributed by atoms with van der Waals surface area (Å²) in [5.41, 5.74) is -1.98. The number of carbonyl (C=O) groups is 1. The summed E-state index contributed by atoms with van der Waals surface area (Å²) in [6, 6.07) is 0. The number of halogens is 1. The van der Waals surface area contributed by atoms with E-state index in [-0.39, 0.29) is 21.7 Å². The van der Waals surface area contributed by atoms with Gasteiger partial charge in [-0.1, -0.05) is 36.4 Å². The second-order valence-electron chi connectivity index (χ2n) is 5.51. The molecule has 0 aromatic rings. The summed E-state index contributed by atoms with van der Waals surface area (Å²) in [6.45, 7) is 5.92. The maximum absolute atomic E-state index is 11.5. The first-order chi connectivity index (χ1) is 6.73. The van der Waals surface area contributed by atoms with Crippen molar-refractivity contribution in [3.8, 4) is 0 Å². The third-order valence-electron chi connectivity index (χ3n) is 4.29. The lowest BCUT2D eigenvalue weighted by atomic mass is 9.58. The molecule has 1 aliphatic heterocycles. The zero-order valence-corrected chi connectivity index (χ0v) is 11.5. The Bertz CT molecular complexity index is 315. The number of carbonyl (C=O) groups excluding carboxylic acids is 1. The van der Waals surface area contributed by atoms with Crippen molar-refractivity contribution in [3.05, 3.63) is 0 Å². The van der Waals surface area contributed by atoms with Crippen molar-refractivity contribution < 1.29 is 14.6 Å². The molecule has 0 radical (unpaired) electrons. The molecule has 3 nitrogen and oxygen atoms in total. The zero-order valence-electron chi connectivity index (χ0n) is 9.34. The van der Waals surface area contributed by atoms with Gasteiger partial charge in [-0.2, -0.15) is 0 Å². The van der Waals surface area contributed by atoms with E-state index in [9.17, 15) is 9.90 Å². The molecule has 0 aromatic carbocycles. The van der Waals surface area contributed by atoms with Crippen LogP contribution in [0.3, 0.4) is 0 Å². The van der Waals surface area contributed by atoms with Crippen LogP contribution in [0.5, 0.6) is 0 Å². The highest BCUT2D eigenvalue weighted by molar-refractivity contribution is 14.1. The molecule has 0 amide bonds. The summed E-state index contributed by atoms with van der Waals surface area (Å²) in [5, 5.41) is 10.8. The number of alkyl halides is 1. The number of fused-ring (bicyclic) bond motifs is 1. The highest BCUT2D eigenvalue weighted by Gasteiger charge is 2.68. The fourth-order valence-corrected chi connectivity index (χ4v) is 3.90. The van der Waals surface area contributed by atoms with Crippen LogP contribution >= 0.6 is 22.6 Å². The average molecular weight is 324 g/mol. The molecule has 15 heavy (non-hydrogen) atoms. The molecule has 2 rings (SSSR count). The van der Waals surface area contributed by atoms with Crippen LogP contribution in [0.15, 0.2) is 0 Å². The summed E-state index contributed by atoms with van der Waals surface area (Å²) in [6.07, 6.45) is 2.05. The second-order valence-corrected chi connectivity index (χ2v) is 7.01. The smallest absolute Gasteiger partial charge is 0.309 e. The maximum atomic E-state index is 11.5. The predicted molar refractivity (Wildman–Crippen MR) is 64.9 cm³/mol. The summed E-state index contributed by atoms with van der Waals surface area (Å²) < 4.78 is 5.60. The summed E-state index contributed by atoms with van der Waals surface area (Å²) in [4.78, 5) is 11.5. The highest BCUT2D eigenvalue weighted by atomic mass is 127. The van der Waals surface area contributed by atoms with Gasteiger partial charge in [0.25, 0.3) is 0 Å². The van der Waals surface area contributed by atoms with E-state index in [1.807, 2.05) is 20.8 Å². The van der Waals surface area contributed by atoms with Gasteiger partial charge in [-0.05, 0) is 25.2 Å². The Labute approximate surface area is 104 Å². The molecule has 0 bridgehead atoms. The second kappa shape index (κ2) is 3.09. The van der Waals surface area contributed by atoms with Crippen LogP contribution in [-0.4, -0.2) is 26.2 Å². The normalized spacial score (nSPS) is 48.6. The largest absolute Gasteiger partial charge is 0.455 e. The monoisotopic (exact) mass is 324 g/mol. The van der Waals surface area contributed by atoms with Crippen molar-refractivity contribution in [2.24, 2.45) is 5.41 Å². The Balaban J connectivity index is 2.50. The average Bonchev–Trinajstić information content (AvgIpc) is 2.34. The quantitative estimate of drug-likeness (QED) is 0.421. The van der Waals surface area contributed by atoms with Gasteiger partial charge in [0.1, 0.15) is 5.60 Å². The van der Waals surface area contributed by atoms with E-state index in [4.69, 9.17) is 4.74 Å². The van der Waals surface area contributed by atoms with Crippen LogP contribution in [0.4, 0.5) is 0 Å². The molecule has 0 spiro atoms. The molecule has 2 fully saturated rings. The molecular formula is C11H17IO3. The molecule has 3 atom stereocenters. The molecule has 86 valence electrons. The lowest BCUT2D eigenvalue weighted by Crippen LogP contribution is -2.65. The van der Waals surface area contributed by atoms with Crippen molar-refractivity contribution in [1.29, 1.82) is 0 Å². The number of hydrogen-bond acceptors (Lipinski definition) is 3. The van der Waals surface area contributed by atoms with Crippen LogP contribution in [0.25, 0.3) is 0 Å². The standard InChI is InChI=1S/C11H17IO3/c1-9(2)5-4-7(12)10(3)11(9,14)6-8(13)15-10/h7,14H,4-6H2,1-3H3/t7-,10+,11+/m1/s1. The first kappa shape index (κ1) is 11.6. The molecule has 1 heterocycles. The first-order valence-electron chi connectivity index (χ1n) is 5.31. The Morgan fingerprint density at radius 1 is 1.47 bits per heavy atom. The van der Waals surface area contributed by atoms with E-state index in [0.717, 1.165) is 12.8 Å². The van der Waals surface area contributed by atoms with Crippen molar-refractivity contribution >= 4 is 28.6 Å². The van der Waals surface area contributed by atoms with Crippen molar-refractivity contribution in [2.45, 2.75) is 55.2 Å². The number of esters is 1. The maximum Gasteiger partial charge on any atom is 0.309 e. The number of hydrogen-bond donors (Lipinski definition) is 1. The fourth-order valence-electron chi connectivity index (χ4n) is 2.95. The van der Waals surface area contributed by atoms with Crippen LogP contribution in [-0.2, 0) is 9.53 Å². The molecule has 0 unspecified atom stereocenters. The third kappa shape index (κ3) is 1.30. The predicted octanol–water partition coefficient (Wildman–Crippen LogP) is 2.05. The minimum Gasteiger partial charge on any atom is -0.455 e. The van der Waals surface area contributed by atoms with E-state index >= 15 is 0 Å². The molecule has 1 aliphatic carbocycles. The van der Waals surface area contributed by atoms with E-state index in [2.05, 4.69) is 22.6 Å². The van der Waals surface area contributed by atoms with Gasteiger partial charge < -0.3 is 9.84 Å². The van der Waals surface area contributed by atoms with Crippen LogP contribution in [0.2, 0.25) is 0 Å². The van der Waals surface area contributed by atoms with Gasteiger partial charge in [0.05, 0.1) is 10.3 Å². The van der Waals surface area contributed by atoms with Gasteiger partial charge in [-0.25, -0.2) is 0 Å². The SMILES string of the molecule is CC1(C)CC[C@@H](I)[C@]2(C)OC(=O)C[C@]12O. The highest BCUT2D eigenvalue weighted by Crippen LogP contribution is 2.57. The van der Waals surface area contributed by atoms with Crippen molar-refractivity contribution in [2.75, 3.05) is 0 Å². The molecule has 1 saturated heterocycles. The topological polar surface area (TPSA) is 46.5 Å². The first-order valence-corrected chi connectivity index (χ1v) is 6.56. The Morgan fingerprint density at radius 3 is 2.60 bits per heavy atom. The minimum absolute atomic E-state index is 0.135. The third-order valence-corrected chi connectivity index (χ3v) is 6.10. The van der Waals surface area contributed by atoms with Gasteiger partial charge in [-0.3, -0.25) is 4.79 Å². The fraction of sp³-hybridized carbons (Fsp3) is 0.909. The molecular weight excluding hydrogens is 307 g/mol. The molecule has 2 aliphatic rings. The van der Waals surface area contributed by atoms with Gasteiger partial charge in [0.2, 0.25) is 0 Å². The van der Waals surface area contributed by atoms with E-state index < -0.39 is 11.2 Å². The van der Waals surface area contributed by atoms with Crippen LogP contribution < -0.4 is 0 Å². The number of aliphatic hydroxyl groups is 1. The molecule has 4 heteroatoms. The van der Waals surface area contributed by atoms with Crippen molar-refractivity contribution in [3.63, 3.8) is 0 Å². The lowest BCUT2D eigenvalue weighted by Gasteiger charge is -2.53. The zero-order chi connectivity index (χ0) is 11.5. The van der Waals surface area contributed by atoms with Gasteiger partial charge >= 0.3 is 5.97 Å². The minimum atomic E-state index is -1.01. The van der Waals surface area contributed by atoms with E-state index in [1.165, 1.54) is 0 Å². The molecule has 1 saturated carbocycles. The van der Waals surface area contributed by atoms with Crippen LogP contribution in [0, 0.1) is 5.41 Å². The van der Waals surface area contributed by atoms with E-state index in [0.29, 0.717) is 0 Å². The summed E-state index contributed by atoms with van der Waals surface area (Å²) in [7, 11) is 0. The Morgan fingerprint density at radius 2 is 2.07 bits per heavy atom. The molecule has 0 aromatic heterocycles. The number of rotatable bonds is 0. The number of ether oxygens (including phenoxy) is 1. The van der Waals surface area contributed by atoms with Crippen molar-refractivity contribution in [1.82, 2.24) is 0 Å². The lowest BCUT2D eigenvalue weighted by molar-refractivity contribution is -0.189. The molecule has 1 N–H and O–H groups in total. The van der Waals surface area contributed by atoms with Gasteiger partial charge in [0, 0.05) is 0 Å². The Kier molecular flexibility index (Phi) is 2.40. The summed E-state index contributed by atoms with van der Waals surface area (Å²) in [5.74, 6) is -0.267.